The van der Waals surface area contributed by atoms with E-state index in [2.05, 4.69) is 6.58 Å². The van der Waals surface area contributed by atoms with Crippen molar-refractivity contribution in [3.8, 4) is 0 Å². The fraction of sp³-hybridized carbons (Fsp3) is 0.692. The number of hydrogen-bond donors (Lipinski definition) is 0. The lowest BCUT2D eigenvalue weighted by atomic mass is 10.0. The summed E-state index contributed by atoms with van der Waals surface area (Å²) in [4.78, 5) is 24.7. The summed E-state index contributed by atoms with van der Waals surface area (Å²) in [7, 11) is 0. The predicted octanol–water partition coefficient (Wildman–Crippen LogP) is 2.71. The Hall–Kier alpha value is -0.770. The minimum Gasteiger partial charge on any atom is -0.274 e. The van der Waals surface area contributed by atoms with Gasteiger partial charge in [-0.25, -0.2) is 0 Å². The quantitative estimate of drug-likeness (QED) is 0.726. The molecule has 1 saturated carbocycles. The maximum atomic E-state index is 11.7. The first-order valence-electron chi connectivity index (χ1n) is 6.36. The fourth-order valence-electron chi connectivity index (χ4n) is 2.57. The Bertz CT molecular complexity index is 323. The van der Waals surface area contributed by atoms with E-state index >= 15 is 0 Å². The lowest BCUT2D eigenvalue weighted by molar-refractivity contribution is -0.139. The van der Waals surface area contributed by atoms with E-state index in [0.717, 1.165) is 6.42 Å². The molecule has 1 atom stereocenters. The smallest absolute Gasteiger partial charge is 0.253 e. The van der Waals surface area contributed by atoms with Crippen LogP contribution in [0.2, 0.25) is 0 Å². The maximum absolute atomic E-state index is 11.7. The molecular weight excluding hydrogens is 234 g/mol. The summed E-state index contributed by atoms with van der Waals surface area (Å²) >= 11 is 1.82. The topological polar surface area (TPSA) is 37.4 Å². The van der Waals surface area contributed by atoms with Gasteiger partial charge in [-0.3, -0.25) is 14.5 Å². The second-order valence-electron chi connectivity index (χ2n) is 4.70. The van der Waals surface area contributed by atoms with E-state index in [-0.39, 0.29) is 17.2 Å². The highest BCUT2D eigenvalue weighted by atomic mass is 32.2. The van der Waals surface area contributed by atoms with Crippen molar-refractivity contribution < 1.29 is 9.59 Å². The summed E-state index contributed by atoms with van der Waals surface area (Å²) in [5, 5.41) is 0.677. The molecule has 4 heteroatoms. The highest BCUT2D eigenvalue weighted by Crippen LogP contribution is 2.37. The van der Waals surface area contributed by atoms with Gasteiger partial charge in [-0.05, 0) is 25.3 Å². The Balaban J connectivity index is 1.96. The molecule has 0 bridgehead atoms. The molecule has 2 aliphatic rings. The van der Waals surface area contributed by atoms with Gasteiger partial charge in [0.25, 0.3) is 5.91 Å². The molecule has 3 nitrogen and oxygen atoms in total. The van der Waals surface area contributed by atoms with Gasteiger partial charge >= 0.3 is 0 Å². The van der Waals surface area contributed by atoms with E-state index in [1.807, 2.05) is 11.8 Å². The summed E-state index contributed by atoms with van der Waals surface area (Å²) in [6.07, 6.45) is 8.91. The number of likely N-dealkylation sites (tertiary alicyclic amines) is 1. The van der Waals surface area contributed by atoms with E-state index in [1.165, 1.54) is 43.1 Å². The van der Waals surface area contributed by atoms with Crippen LogP contribution in [0.25, 0.3) is 0 Å². The zero-order chi connectivity index (χ0) is 12.3. The molecule has 0 spiro atoms. The van der Waals surface area contributed by atoms with Gasteiger partial charge in [-0.2, -0.15) is 0 Å². The maximum Gasteiger partial charge on any atom is 0.253 e. The number of imide groups is 1. The number of nitrogens with zero attached hydrogens (tertiary/aromatic N) is 1. The van der Waals surface area contributed by atoms with E-state index in [0.29, 0.717) is 11.7 Å². The third-order valence-electron chi connectivity index (χ3n) is 3.48. The van der Waals surface area contributed by atoms with Gasteiger partial charge in [0.15, 0.2) is 0 Å². The van der Waals surface area contributed by atoms with Crippen LogP contribution in [-0.2, 0) is 9.59 Å². The lowest BCUT2D eigenvalue weighted by Gasteiger charge is -2.28. The van der Waals surface area contributed by atoms with Crippen LogP contribution in [0.5, 0.6) is 0 Å². The molecule has 1 aliphatic heterocycles. The number of hydrogen-bond acceptors (Lipinski definition) is 3. The average molecular weight is 253 g/mol. The Morgan fingerprint density at radius 3 is 2.65 bits per heavy atom. The molecule has 1 heterocycles. The first kappa shape index (κ1) is 12.7. The van der Waals surface area contributed by atoms with Gasteiger partial charge in [0.05, 0.1) is 5.37 Å². The van der Waals surface area contributed by atoms with E-state index in [9.17, 15) is 9.59 Å². The zero-order valence-electron chi connectivity index (χ0n) is 10.1. The molecule has 1 aliphatic carbocycles. The van der Waals surface area contributed by atoms with Crippen LogP contribution in [0.3, 0.4) is 0 Å². The van der Waals surface area contributed by atoms with Gasteiger partial charge < -0.3 is 0 Å². The average Bonchev–Trinajstić information content (AvgIpc) is 2.71. The number of thioether (sulfide) groups is 1. The third kappa shape index (κ3) is 2.92. The van der Waals surface area contributed by atoms with E-state index in [4.69, 9.17) is 0 Å². The van der Waals surface area contributed by atoms with Crippen molar-refractivity contribution in [3.63, 3.8) is 0 Å². The molecule has 0 aromatic rings. The van der Waals surface area contributed by atoms with Crippen LogP contribution in [-0.4, -0.2) is 27.3 Å². The van der Waals surface area contributed by atoms with Crippen molar-refractivity contribution in [2.75, 3.05) is 0 Å². The minimum absolute atomic E-state index is 0.0387. The molecule has 2 rings (SSSR count). The van der Waals surface area contributed by atoms with Gasteiger partial charge in [0, 0.05) is 11.7 Å². The standard InChI is InChI=1S/C13H19NO2S/c1-2-11(15)14-12(16)8-9-13(14)17-10-6-4-3-5-7-10/h2,10,13H,1,3-9H2. The molecule has 1 saturated heterocycles. The molecule has 17 heavy (non-hydrogen) atoms. The van der Waals surface area contributed by atoms with Crippen molar-refractivity contribution in [2.45, 2.75) is 55.6 Å². The highest BCUT2D eigenvalue weighted by molar-refractivity contribution is 8.00. The lowest BCUT2D eigenvalue weighted by Crippen LogP contribution is -2.36. The number of carbonyl (C=O) groups is 2. The summed E-state index contributed by atoms with van der Waals surface area (Å²) < 4.78 is 0. The second-order valence-corrected chi connectivity index (χ2v) is 6.18. The molecule has 0 radical (unpaired) electrons. The normalized spacial score (nSPS) is 26.2. The molecule has 0 N–H and O–H groups in total. The second kappa shape index (κ2) is 5.71. The SMILES string of the molecule is C=CC(=O)N1C(=O)CCC1SC1CCCCC1. The van der Waals surface area contributed by atoms with Gasteiger partial charge in [-0.15, -0.1) is 11.8 Å². The van der Waals surface area contributed by atoms with Gasteiger partial charge in [-0.1, -0.05) is 25.8 Å². The first-order valence-corrected chi connectivity index (χ1v) is 7.30. The van der Waals surface area contributed by atoms with Gasteiger partial charge in [0.1, 0.15) is 0 Å². The minimum atomic E-state index is -0.235. The Kier molecular flexibility index (Phi) is 4.26. The third-order valence-corrected chi connectivity index (χ3v) is 5.09. The monoisotopic (exact) mass is 253 g/mol. The summed E-state index contributed by atoms with van der Waals surface area (Å²) in [5.41, 5.74) is 0. The van der Waals surface area contributed by atoms with E-state index < -0.39 is 0 Å². The molecule has 1 unspecified atom stereocenters. The molecule has 0 aromatic carbocycles. The fourth-order valence-corrected chi connectivity index (χ4v) is 4.22. The van der Waals surface area contributed by atoms with Crippen molar-refractivity contribution in [2.24, 2.45) is 0 Å². The molecule has 2 amide bonds. The Morgan fingerprint density at radius 2 is 2.00 bits per heavy atom. The Morgan fingerprint density at radius 1 is 1.29 bits per heavy atom. The molecule has 0 aromatic heterocycles. The van der Waals surface area contributed by atoms with Crippen LogP contribution < -0.4 is 0 Å². The van der Waals surface area contributed by atoms with Crippen LogP contribution >= 0.6 is 11.8 Å². The van der Waals surface area contributed by atoms with Crippen molar-refractivity contribution >= 4 is 23.6 Å². The molecule has 94 valence electrons. The van der Waals surface area contributed by atoms with Crippen LogP contribution in [0, 0.1) is 0 Å². The summed E-state index contributed by atoms with van der Waals surface area (Å²) in [6, 6.07) is 0. The Labute approximate surface area is 107 Å². The van der Waals surface area contributed by atoms with Crippen LogP contribution in [0.15, 0.2) is 12.7 Å². The van der Waals surface area contributed by atoms with Gasteiger partial charge in [0.2, 0.25) is 5.91 Å². The number of amides is 2. The number of carbonyl (C=O) groups excluding carboxylic acids is 2. The summed E-state index contributed by atoms with van der Waals surface area (Å²) in [5.74, 6) is -0.274. The molecular formula is C13H19NO2S. The largest absolute Gasteiger partial charge is 0.274 e. The summed E-state index contributed by atoms with van der Waals surface area (Å²) in [6.45, 7) is 3.47. The molecule has 2 fully saturated rings. The highest BCUT2D eigenvalue weighted by Gasteiger charge is 2.36. The predicted molar refractivity (Wildman–Crippen MR) is 69.5 cm³/mol. The first-order chi connectivity index (χ1) is 8.22. The van der Waals surface area contributed by atoms with Crippen LogP contribution in [0.4, 0.5) is 0 Å². The van der Waals surface area contributed by atoms with Crippen LogP contribution in [0.1, 0.15) is 44.9 Å². The zero-order valence-corrected chi connectivity index (χ0v) is 10.9. The van der Waals surface area contributed by atoms with Crippen molar-refractivity contribution in [1.29, 1.82) is 0 Å². The van der Waals surface area contributed by atoms with Crippen molar-refractivity contribution in [3.05, 3.63) is 12.7 Å². The van der Waals surface area contributed by atoms with E-state index in [1.54, 1.807) is 0 Å². The van der Waals surface area contributed by atoms with Crippen molar-refractivity contribution in [1.82, 2.24) is 4.90 Å². The number of rotatable bonds is 3.